The number of benzene rings is 2. The zero-order valence-corrected chi connectivity index (χ0v) is 18.5. The number of sulfonamides is 1. The predicted octanol–water partition coefficient (Wildman–Crippen LogP) is 2.41. The Kier molecular flexibility index (Phi) is 6.30. The molecule has 1 amide bonds. The lowest BCUT2D eigenvalue weighted by molar-refractivity contribution is -0.115. The minimum absolute atomic E-state index is 0.0922. The van der Waals surface area contributed by atoms with Crippen LogP contribution in [0.3, 0.4) is 0 Å². The summed E-state index contributed by atoms with van der Waals surface area (Å²) >= 11 is 0. The second-order valence-corrected chi connectivity index (χ2v) is 10.6. The van der Waals surface area contributed by atoms with E-state index in [1.54, 1.807) is 32.0 Å². The molecule has 1 heterocycles. The van der Waals surface area contributed by atoms with Gasteiger partial charge in [-0.1, -0.05) is 17.3 Å². The van der Waals surface area contributed by atoms with Crippen LogP contribution in [0.5, 0.6) is 0 Å². The van der Waals surface area contributed by atoms with Crippen LogP contribution in [0.4, 0.5) is 5.69 Å². The van der Waals surface area contributed by atoms with Crippen LogP contribution in [-0.4, -0.2) is 33.7 Å². The van der Waals surface area contributed by atoms with Crippen LogP contribution >= 0.6 is 0 Å². The van der Waals surface area contributed by atoms with Crippen LogP contribution in [0.2, 0.25) is 0 Å². The quantitative estimate of drug-likeness (QED) is 0.546. The number of hydrogen-bond acceptors (Lipinski definition) is 7. The molecular weight excluding hydrogens is 442 g/mol. The molecule has 9 nitrogen and oxygen atoms in total. The minimum Gasteiger partial charge on any atom is -0.356 e. The maximum Gasteiger partial charge on any atom is 0.238 e. The molecule has 164 valence electrons. The van der Waals surface area contributed by atoms with Gasteiger partial charge in [-0.3, -0.25) is 4.79 Å². The van der Waals surface area contributed by atoms with Crippen LogP contribution < -0.4 is 10.5 Å². The number of primary sulfonamides is 1. The Labute approximate surface area is 180 Å². The van der Waals surface area contributed by atoms with Crippen molar-refractivity contribution in [3.8, 4) is 11.3 Å². The zero-order chi connectivity index (χ0) is 22.8. The summed E-state index contributed by atoms with van der Waals surface area (Å²) in [5.74, 6) is -0.463. The van der Waals surface area contributed by atoms with E-state index in [2.05, 4.69) is 10.5 Å². The zero-order valence-electron chi connectivity index (χ0n) is 16.8. The van der Waals surface area contributed by atoms with Crippen LogP contribution in [0, 0.1) is 13.8 Å². The molecule has 0 radical (unpaired) electrons. The molecule has 0 fully saturated rings. The van der Waals surface area contributed by atoms with Gasteiger partial charge < -0.3 is 9.84 Å². The molecular formula is C20H21N3O6S2. The number of carbonyl (C=O) groups excluding carboxylic acids is 1. The molecule has 3 aromatic rings. The Balaban J connectivity index is 1.70. The van der Waals surface area contributed by atoms with Gasteiger partial charge in [0.1, 0.15) is 0 Å². The monoisotopic (exact) mass is 463 g/mol. The molecule has 0 bridgehead atoms. The van der Waals surface area contributed by atoms with Crippen molar-refractivity contribution >= 4 is 31.5 Å². The number of sulfone groups is 1. The molecule has 2 aromatic carbocycles. The Bertz CT molecular complexity index is 1330. The third kappa shape index (κ3) is 5.57. The summed E-state index contributed by atoms with van der Waals surface area (Å²) in [7, 11) is -7.58. The summed E-state index contributed by atoms with van der Waals surface area (Å²) in [6.45, 7) is 3.44. The fourth-order valence-corrected chi connectivity index (χ4v) is 4.93. The van der Waals surface area contributed by atoms with Crippen molar-refractivity contribution in [2.45, 2.75) is 30.1 Å². The first kappa shape index (κ1) is 22.7. The summed E-state index contributed by atoms with van der Waals surface area (Å²) in [4.78, 5) is 12.2. The van der Waals surface area contributed by atoms with Crippen LogP contribution in [0.1, 0.15) is 17.7 Å². The third-order valence-electron chi connectivity index (χ3n) is 4.50. The van der Waals surface area contributed by atoms with Crippen molar-refractivity contribution in [3.05, 3.63) is 59.8 Å². The van der Waals surface area contributed by atoms with Crippen molar-refractivity contribution in [1.29, 1.82) is 0 Å². The van der Waals surface area contributed by atoms with Gasteiger partial charge in [-0.15, -0.1) is 0 Å². The molecule has 11 heteroatoms. The summed E-state index contributed by atoms with van der Waals surface area (Å²) in [5, 5.41) is 11.4. The number of aryl methyl sites for hydroxylation is 2. The second kappa shape index (κ2) is 8.61. The molecule has 0 aliphatic heterocycles. The van der Waals surface area contributed by atoms with Crippen molar-refractivity contribution in [1.82, 2.24) is 5.16 Å². The Morgan fingerprint density at radius 2 is 1.71 bits per heavy atom. The maximum absolute atomic E-state index is 12.8. The van der Waals surface area contributed by atoms with Crippen molar-refractivity contribution in [3.63, 3.8) is 0 Å². The first-order valence-corrected chi connectivity index (χ1v) is 12.4. The lowest BCUT2D eigenvalue weighted by Gasteiger charge is -2.10. The van der Waals surface area contributed by atoms with Gasteiger partial charge >= 0.3 is 0 Å². The van der Waals surface area contributed by atoms with Crippen molar-refractivity contribution < 1.29 is 26.2 Å². The predicted molar refractivity (Wildman–Crippen MR) is 115 cm³/mol. The van der Waals surface area contributed by atoms with Gasteiger partial charge in [-0.25, -0.2) is 22.0 Å². The number of nitrogens with two attached hydrogens (primary N) is 1. The third-order valence-corrected chi connectivity index (χ3v) is 7.28. The molecule has 0 unspecified atom stereocenters. The molecule has 0 aliphatic rings. The molecule has 3 rings (SSSR count). The van der Waals surface area contributed by atoms with E-state index in [4.69, 9.17) is 9.66 Å². The highest BCUT2D eigenvalue weighted by molar-refractivity contribution is 7.91. The van der Waals surface area contributed by atoms with E-state index in [9.17, 15) is 21.6 Å². The van der Waals surface area contributed by atoms with Gasteiger partial charge in [0.15, 0.2) is 15.6 Å². The molecule has 1 aromatic heterocycles. The fraction of sp³-hybridized carbons (Fsp3) is 0.200. The molecule has 0 aliphatic carbocycles. The smallest absolute Gasteiger partial charge is 0.238 e. The van der Waals surface area contributed by atoms with Gasteiger partial charge in [0.2, 0.25) is 15.9 Å². The largest absolute Gasteiger partial charge is 0.356 e. The van der Waals surface area contributed by atoms with Gasteiger partial charge in [0, 0.05) is 23.7 Å². The molecule has 31 heavy (non-hydrogen) atoms. The number of carbonyl (C=O) groups is 1. The molecule has 0 spiro atoms. The first-order valence-electron chi connectivity index (χ1n) is 9.15. The van der Waals surface area contributed by atoms with Gasteiger partial charge in [0.05, 0.1) is 21.2 Å². The number of rotatable bonds is 7. The van der Waals surface area contributed by atoms with E-state index in [1.807, 2.05) is 0 Å². The Hall–Kier alpha value is -3.02. The number of hydrogen-bond donors (Lipinski definition) is 2. The maximum atomic E-state index is 12.8. The molecule has 0 saturated heterocycles. The highest BCUT2D eigenvalue weighted by Crippen LogP contribution is 2.26. The summed E-state index contributed by atoms with van der Waals surface area (Å²) < 4.78 is 53.4. The van der Waals surface area contributed by atoms with E-state index >= 15 is 0 Å². The van der Waals surface area contributed by atoms with Crippen LogP contribution in [0.25, 0.3) is 11.3 Å². The summed E-state index contributed by atoms with van der Waals surface area (Å²) in [6, 6.07) is 11.9. The van der Waals surface area contributed by atoms with E-state index in [0.29, 0.717) is 28.3 Å². The lowest BCUT2D eigenvalue weighted by atomic mass is 10.1. The average Bonchev–Trinajstić information content (AvgIpc) is 3.13. The van der Waals surface area contributed by atoms with Crippen molar-refractivity contribution in [2.75, 3.05) is 11.1 Å². The second-order valence-electron chi connectivity index (χ2n) is 7.00. The minimum atomic E-state index is -3.84. The number of nitrogens with one attached hydrogen (secondary N) is 1. The van der Waals surface area contributed by atoms with E-state index < -0.39 is 31.5 Å². The number of anilines is 1. The van der Waals surface area contributed by atoms with E-state index in [-0.39, 0.29) is 16.2 Å². The van der Waals surface area contributed by atoms with Gasteiger partial charge in [0.25, 0.3) is 0 Å². The number of nitrogens with zero attached hydrogens (tertiary/aromatic N) is 1. The highest BCUT2D eigenvalue weighted by Gasteiger charge is 2.20. The lowest BCUT2D eigenvalue weighted by Crippen LogP contribution is -2.18. The first-order chi connectivity index (χ1) is 14.5. The molecule has 0 saturated carbocycles. The standard InChI is InChI=1S/C20H21N3O6S2/c1-13-3-4-15(18-11-14(2)23-29-18)12-19(13)30(25,26)10-9-20(24)22-16-5-7-17(8-6-16)31(21,27)28/h3-8,11-12H,9-10H2,1-2H3,(H,22,24)(H2,21,27,28). The topological polar surface area (TPSA) is 149 Å². The molecule has 0 atom stereocenters. The number of aromatic nitrogens is 1. The Morgan fingerprint density at radius 1 is 1.03 bits per heavy atom. The Morgan fingerprint density at radius 3 is 2.29 bits per heavy atom. The summed E-state index contributed by atoms with van der Waals surface area (Å²) in [5.41, 5.74) is 2.13. The van der Waals surface area contributed by atoms with Crippen LogP contribution in [0.15, 0.2) is 62.8 Å². The highest BCUT2D eigenvalue weighted by atomic mass is 32.2. The van der Waals surface area contributed by atoms with Gasteiger partial charge in [-0.2, -0.15) is 0 Å². The normalized spacial score (nSPS) is 12.0. The average molecular weight is 464 g/mol. The fourth-order valence-electron chi connectivity index (χ4n) is 2.88. The van der Waals surface area contributed by atoms with Gasteiger partial charge in [-0.05, 0) is 49.7 Å². The van der Waals surface area contributed by atoms with Crippen LogP contribution in [-0.2, 0) is 24.7 Å². The summed E-state index contributed by atoms with van der Waals surface area (Å²) in [6.07, 6.45) is -0.273. The number of amides is 1. The molecule has 3 N–H and O–H groups in total. The van der Waals surface area contributed by atoms with E-state index in [1.165, 1.54) is 30.3 Å². The van der Waals surface area contributed by atoms with E-state index in [0.717, 1.165) is 0 Å². The van der Waals surface area contributed by atoms with Crippen molar-refractivity contribution in [2.24, 2.45) is 5.14 Å². The SMILES string of the molecule is Cc1cc(-c2ccc(C)c(S(=O)(=O)CCC(=O)Nc3ccc(S(N)(=O)=O)cc3)c2)on1.